The second kappa shape index (κ2) is 5.80. The Morgan fingerprint density at radius 3 is 2.31 bits per heavy atom. The second-order valence-electron chi connectivity index (χ2n) is 3.80. The van der Waals surface area contributed by atoms with E-state index >= 15 is 0 Å². The lowest BCUT2D eigenvalue weighted by Gasteiger charge is -2.27. The van der Waals surface area contributed by atoms with Gasteiger partial charge in [-0.15, -0.1) is 0 Å². The van der Waals surface area contributed by atoms with Gasteiger partial charge in [0.05, 0.1) is 0 Å². The molecule has 1 unspecified atom stereocenters. The monoisotopic (exact) mass is 188 g/mol. The average Bonchev–Trinajstić information content (AvgIpc) is 1.95. The molecule has 0 aliphatic rings. The summed E-state index contributed by atoms with van der Waals surface area (Å²) in [6, 6.07) is 0.437. The van der Waals surface area contributed by atoms with Crippen LogP contribution in [0.2, 0.25) is 0 Å². The molecular weight excluding hydrogens is 168 g/mol. The van der Waals surface area contributed by atoms with Gasteiger partial charge in [-0.25, -0.2) is 4.79 Å². The normalized spacial score (nSPS) is 13.4. The van der Waals surface area contributed by atoms with Crippen LogP contribution in [0.1, 0.15) is 20.3 Å². The predicted molar refractivity (Wildman–Crippen MR) is 53.0 cm³/mol. The third kappa shape index (κ3) is 5.47. The van der Waals surface area contributed by atoms with E-state index in [0.717, 1.165) is 6.42 Å². The third-order valence-corrected chi connectivity index (χ3v) is 2.15. The molecule has 0 bridgehead atoms. The zero-order valence-corrected chi connectivity index (χ0v) is 8.87. The molecular formula is C9H20N2O2. The van der Waals surface area contributed by atoms with Crippen molar-refractivity contribution in [3.8, 4) is 0 Å². The molecule has 13 heavy (non-hydrogen) atoms. The first-order chi connectivity index (χ1) is 5.95. The van der Waals surface area contributed by atoms with Crippen molar-refractivity contribution in [2.75, 3.05) is 20.6 Å². The number of amides is 1. The van der Waals surface area contributed by atoms with Crippen molar-refractivity contribution >= 4 is 6.09 Å². The van der Waals surface area contributed by atoms with E-state index in [1.807, 2.05) is 14.1 Å². The molecule has 1 amide bonds. The highest BCUT2D eigenvalue weighted by Gasteiger charge is 2.15. The topological polar surface area (TPSA) is 52.6 Å². The standard InChI is InChI=1S/C9H20N2O2/c1-7(2)8(11(3)4)5-6-10-9(12)13/h7-8,10H,5-6H2,1-4H3,(H,12,13). The maximum Gasteiger partial charge on any atom is 0.404 e. The van der Waals surface area contributed by atoms with Gasteiger partial charge in [0.15, 0.2) is 0 Å². The van der Waals surface area contributed by atoms with Crippen molar-refractivity contribution in [3.63, 3.8) is 0 Å². The molecule has 1 atom stereocenters. The van der Waals surface area contributed by atoms with Gasteiger partial charge in [0.1, 0.15) is 0 Å². The van der Waals surface area contributed by atoms with Crippen LogP contribution in [0.25, 0.3) is 0 Å². The molecule has 0 heterocycles. The van der Waals surface area contributed by atoms with Gasteiger partial charge in [0.2, 0.25) is 0 Å². The van der Waals surface area contributed by atoms with Crippen LogP contribution in [-0.4, -0.2) is 42.8 Å². The molecule has 0 spiro atoms. The second-order valence-corrected chi connectivity index (χ2v) is 3.80. The molecule has 0 radical (unpaired) electrons. The van der Waals surface area contributed by atoms with E-state index in [1.54, 1.807) is 0 Å². The molecule has 4 heteroatoms. The minimum absolute atomic E-state index is 0.437. The molecule has 0 aliphatic heterocycles. The van der Waals surface area contributed by atoms with Crippen LogP contribution in [0.5, 0.6) is 0 Å². The number of carbonyl (C=O) groups is 1. The summed E-state index contributed by atoms with van der Waals surface area (Å²) in [6.45, 7) is 4.81. The quantitative estimate of drug-likeness (QED) is 0.682. The minimum Gasteiger partial charge on any atom is -0.465 e. The van der Waals surface area contributed by atoms with Gasteiger partial charge in [-0.05, 0) is 26.4 Å². The summed E-state index contributed by atoms with van der Waals surface area (Å²) in [7, 11) is 4.04. The van der Waals surface area contributed by atoms with E-state index in [-0.39, 0.29) is 0 Å². The number of carboxylic acid groups (broad SMARTS) is 1. The van der Waals surface area contributed by atoms with Crippen molar-refractivity contribution in [3.05, 3.63) is 0 Å². The Kier molecular flexibility index (Phi) is 5.46. The van der Waals surface area contributed by atoms with Crippen LogP contribution in [0, 0.1) is 5.92 Å². The number of hydrogen-bond donors (Lipinski definition) is 2. The first-order valence-electron chi connectivity index (χ1n) is 4.58. The largest absolute Gasteiger partial charge is 0.465 e. The maximum absolute atomic E-state index is 10.2. The van der Waals surface area contributed by atoms with E-state index in [0.29, 0.717) is 18.5 Å². The fourth-order valence-electron chi connectivity index (χ4n) is 1.51. The Hall–Kier alpha value is -0.770. The molecule has 0 fully saturated rings. The van der Waals surface area contributed by atoms with Crippen LogP contribution in [0.4, 0.5) is 4.79 Å². The molecule has 0 rings (SSSR count). The van der Waals surface area contributed by atoms with Crippen LogP contribution >= 0.6 is 0 Å². The molecule has 0 saturated heterocycles. The third-order valence-electron chi connectivity index (χ3n) is 2.15. The van der Waals surface area contributed by atoms with Crippen LogP contribution in [0.3, 0.4) is 0 Å². The lowest BCUT2D eigenvalue weighted by molar-refractivity contribution is 0.187. The Bertz CT molecular complexity index is 150. The highest BCUT2D eigenvalue weighted by Crippen LogP contribution is 2.10. The van der Waals surface area contributed by atoms with Crippen molar-refractivity contribution < 1.29 is 9.90 Å². The van der Waals surface area contributed by atoms with E-state index in [4.69, 9.17) is 5.11 Å². The van der Waals surface area contributed by atoms with E-state index < -0.39 is 6.09 Å². The lowest BCUT2D eigenvalue weighted by atomic mass is 10.00. The fraction of sp³-hybridized carbons (Fsp3) is 0.889. The summed E-state index contributed by atoms with van der Waals surface area (Å²) in [5.74, 6) is 0.547. The maximum atomic E-state index is 10.2. The van der Waals surface area contributed by atoms with Gasteiger partial charge in [-0.1, -0.05) is 13.8 Å². The highest BCUT2D eigenvalue weighted by molar-refractivity contribution is 5.64. The van der Waals surface area contributed by atoms with Gasteiger partial charge in [-0.3, -0.25) is 0 Å². The molecule has 0 saturated carbocycles. The first kappa shape index (κ1) is 12.2. The van der Waals surface area contributed by atoms with Gasteiger partial charge in [-0.2, -0.15) is 0 Å². The Morgan fingerprint density at radius 1 is 1.46 bits per heavy atom. The summed E-state index contributed by atoms with van der Waals surface area (Å²) in [5.41, 5.74) is 0. The number of rotatable bonds is 5. The van der Waals surface area contributed by atoms with E-state index in [2.05, 4.69) is 24.1 Å². The molecule has 4 nitrogen and oxygen atoms in total. The van der Waals surface area contributed by atoms with Crippen LogP contribution < -0.4 is 5.32 Å². The van der Waals surface area contributed by atoms with Gasteiger partial charge in [0.25, 0.3) is 0 Å². The summed E-state index contributed by atoms with van der Waals surface area (Å²) >= 11 is 0. The van der Waals surface area contributed by atoms with E-state index in [9.17, 15) is 4.79 Å². The van der Waals surface area contributed by atoms with Crippen molar-refractivity contribution in [2.24, 2.45) is 5.92 Å². The average molecular weight is 188 g/mol. The van der Waals surface area contributed by atoms with Crippen LogP contribution in [-0.2, 0) is 0 Å². The number of hydrogen-bond acceptors (Lipinski definition) is 2. The number of nitrogens with one attached hydrogen (secondary N) is 1. The summed E-state index contributed by atoms with van der Waals surface area (Å²) in [6.07, 6.45) is -0.0852. The Morgan fingerprint density at radius 2 is 2.00 bits per heavy atom. The van der Waals surface area contributed by atoms with Crippen molar-refractivity contribution in [2.45, 2.75) is 26.3 Å². The molecule has 0 aromatic heterocycles. The van der Waals surface area contributed by atoms with E-state index in [1.165, 1.54) is 0 Å². The zero-order valence-electron chi connectivity index (χ0n) is 8.87. The predicted octanol–water partition coefficient (Wildman–Crippen LogP) is 1.23. The Labute approximate surface area is 79.9 Å². The summed E-state index contributed by atoms with van der Waals surface area (Å²) in [4.78, 5) is 12.3. The van der Waals surface area contributed by atoms with Gasteiger partial charge in [0, 0.05) is 12.6 Å². The number of nitrogens with zero attached hydrogens (tertiary/aromatic N) is 1. The Balaban J connectivity index is 3.77. The van der Waals surface area contributed by atoms with Crippen LogP contribution in [0.15, 0.2) is 0 Å². The molecule has 78 valence electrons. The summed E-state index contributed by atoms with van der Waals surface area (Å²) in [5, 5.41) is 10.8. The van der Waals surface area contributed by atoms with Crippen molar-refractivity contribution in [1.82, 2.24) is 10.2 Å². The molecule has 0 aromatic rings. The van der Waals surface area contributed by atoms with Gasteiger partial charge >= 0.3 is 6.09 Å². The highest BCUT2D eigenvalue weighted by atomic mass is 16.4. The fourth-order valence-corrected chi connectivity index (χ4v) is 1.51. The first-order valence-corrected chi connectivity index (χ1v) is 4.58. The zero-order chi connectivity index (χ0) is 10.4. The lowest BCUT2D eigenvalue weighted by Crippen LogP contribution is -2.36. The minimum atomic E-state index is -0.943. The summed E-state index contributed by atoms with van der Waals surface area (Å²) < 4.78 is 0. The molecule has 0 aliphatic carbocycles. The molecule has 0 aromatic carbocycles. The van der Waals surface area contributed by atoms with Gasteiger partial charge < -0.3 is 15.3 Å². The SMILES string of the molecule is CC(C)C(CCNC(=O)O)N(C)C. The molecule has 2 N–H and O–H groups in total. The smallest absolute Gasteiger partial charge is 0.404 e. The van der Waals surface area contributed by atoms with Crippen molar-refractivity contribution in [1.29, 1.82) is 0 Å².